The van der Waals surface area contributed by atoms with Gasteiger partial charge in [-0.05, 0) is 13.8 Å². The highest BCUT2D eigenvalue weighted by Crippen LogP contribution is 2.51. The van der Waals surface area contributed by atoms with Crippen LogP contribution in [0.2, 0.25) is 0 Å². The number of hydrogen-bond donors (Lipinski definition) is 1. The first-order chi connectivity index (χ1) is 16.2. The van der Waals surface area contributed by atoms with Crippen molar-refractivity contribution in [2.24, 2.45) is 22.3 Å². The first-order valence-corrected chi connectivity index (χ1v) is 12.0. The summed E-state index contributed by atoms with van der Waals surface area (Å²) in [6, 6.07) is 0. The molecule has 0 saturated heterocycles. The van der Waals surface area contributed by atoms with Crippen LogP contribution >= 0.6 is 7.75 Å². The zero-order valence-corrected chi connectivity index (χ0v) is 21.8. The van der Waals surface area contributed by atoms with Crippen molar-refractivity contribution >= 4 is 32.0 Å². The molecular weight excluding hydrogens is 497 g/mol. The lowest BCUT2D eigenvalue weighted by molar-refractivity contribution is -0.360. The molecule has 0 aliphatic heterocycles. The average molecular weight is 531 g/mol. The van der Waals surface area contributed by atoms with Gasteiger partial charge in [-0.25, -0.2) is 14.2 Å². The highest BCUT2D eigenvalue weighted by atomic mass is 31.2. The molecule has 0 aliphatic carbocycles. The number of hydrogen-bond acceptors (Lipinski definition) is 13. The van der Waals surface area contributed by atoms with E-state index < -0.39 is 56.4 Å². The molecule has 0 bridgehead atoms. The molecular formula is C18H34N3O13P. The molecule has 0 amide bonds. The predicted molar refractivity (Wildman–Crippen MR) is 117 cm³/mol. The molecule has 0 spiro atoms. The zero-order valence-electron chi connectivity index (χ0n) is 20.9. The van der Waals surface area contributed by atoms with Crippen molar-refractivity contribution in [3.8, 4) is 0 Å². The Kier molecular flexibility index (Phi) is 14.9. The Balaban J connectivity index is 5.74. The summed E-state index contributed by atoms with van der Waals surface area (Å²) in [4.78, 5) is 49.0. The van der Waals surface area contributed by atoms with Crippen LogP contribution in [0.5, 0.6) is 0 Å². The molecule has 17 heteroatoms. The van der Waals surface area contributed by atoms with Gasteiger partial charge in [0.25, 0.3) is 0 Å². The van der Waals surface area contributed by atoms with Crippen molar-refractivity contribution in [3.63, 3.8) is 0 Å². The fourth-order valence-electron chi connectivity index (χ4n) is 1.69. The molecule has 0 heterocycles. The number of guanidine groups is 1. The molecule has 2 N–H and O–H groups in total. The van der Waals surface area contributed by atoms with Gasteiger partial charge < -0.3 is 29.5 Å². The Hall–Kier alpha value is -2.65. The van der Waals surface area contributed by atoms with E-state index in [1.807, 2.05) is 0 Å². The van der Waals surface area contributed by atoms with Gasteiger partial charge in [-0.2, -0.15) is 14.8 Å². The van der Waals surface area contributed by atoms with Crippen LogP contribution in [0.25, 0.3) is 0 Å². The Morgan fingerprint density at radius 1 is 0.886 bits per heavy atom. The largest absolute Gasteiger partial charge is 0.511 e. The van der Waals surface area contributed by atoms with E-state index in [4.69, 9.17) is 39.2 Å². The first kappa shape index (κ1) is 32.4. The van der Waals surface area contributed by atoms with Gasteiger partial charge in [-0.3, -0.25) is 4.79 Å². The number of carbonyl (C=O) groups excluding carboxylic acids is 3. The summed E-state index contributed by atoms with van der Waals surface area (Å²) < 4.78 is 45.5. The predicted octanol–water partition coefficient (Wildman–Crippen LogP) is 3.03. The number of nitrogens with zero attached hydrogens (tertiary/aromatic N) is 2. The minimum absolute atomic E-state index is 0.0281. The number of ether oxygens (including phenoxy) is 4. The fraction of sp³-hybridized carbons (Fsp3) is 0.778. The van der Waals surface area contributed by atoms with Crippen molar-refractivity contribution in [2.75, 3.05) is 20.3 Å². The van der Waals surface area contributed by atoms with Crippen molar-refractivity contribution < 1.29 is 61.9 Å². The minimum Gasteiger partial charge on any atom is -0.435 e. The van der Waals surface area contributed by atoms with Crippen molar-refractivity contribution in [1.29, 1.82) is 0 Å². The van der Waals surface area contributed by atoms with E-state index in [0.717, 1.165) is 6.92 Å². The molecule has 0 rings (SSSR count). The first-order valence-electron chi connectivity index (χ1n) is 10.5. The molecule has 0 fully saturated rings. The summed E-state index contributed by atoms with van der Waals surface area (Å²) in [5.41, 5.74) is 5.67. The van der Waals surface area contributed by atoms with Gasteiger partial charge in [-0.15, -0.1) is 14.1 Å². The van der Waals surface area contributed by atoms with Crippen LogP contribution in [0, 0.1) is 11.8 Å². The molecule has 0 aromatic carbocycles. The lowest BCUT2D eigenvalue weighted by Gasteiger charge is -2.24. The topological polar surface area (TPSA) is 193 Å². The van der Waals surface area contributed by atoms with Gasteiger partial charge in [0, 0.05) is 25.8 Å². The van der Waals surface area contributed by atoms with E-state index >= 15 is 0 Å². The van der Waals surface area contributed by atoms with E-state index in [1.54, 1.807) is 41.5 Å². The van der Waals surface area contributed by atoms with Crippen LogP contribution in [0.3, 0.4) is 0 Å². The maximum Gasteiger partial charge on any atom is 0.511 e. The third-order valence-corrected chi connectivity index (χ3v) is 4.31. The summed E-state index contributed by atoms with van der Waals surface area (Å²) in [7, 11) is -3.68. The molecule has 0 aliphatic rings. The van der Waals surface area contributed by atoms with Gasteiger partial charge in [0.15, 0.2) is 0 Å². The van der Waals surface area contributed by atoms with Crippen LogP contribution in [-0.4, -0.2) is 62.1 Å². The van der Waals surface area contributed by atoms with Crippen LogP contribution in [0.4, 0.5) is 9.59 Å². The van der Waals surface area contributed by atoms with Gasteiger partial charge in [0.1, 0.15) is 0 Å². The summed E-state index contributed by atoms with van der Waals surface area (Å²) in [6.07, 6.45) is -5.01. The minimum atomic E-state index is -4.86. The fourth-order valence-corrected chi connectivity index (χ4v) is 2.55. The monoisotopic (exact) mass is 531 g/mol. The normalized spacial score (nSPS) is 15.1. The van der Waals surface area contributed by atoms with Gasteiger partial charge in [-0.1, -0.05) is 27.7 Å². The molecule has 0 saturated carbocycles. The van der Waals surface area contributed by atoms with Crippen LogP contribution in [0.15, 0.2) is 4.76 Å². The number of rotatable bonds is 13. The number of nitrogens with two attached hydrogens (primary N) is 1. The summed E-state index contributed by atoms with van der Waals surface area (Å²) in [6.45, 7) is 10.6. The Morgan fingerprint density at radius 3 is 1.60 bits per heavy atom. The van der Waals surface area contributed by atoms with E-state index in [2.05, 4.69) is 14.2 Å². The van der Waals surface area contributed by atoms with E-state index in [1.165, 1.54) is 7.05 Å². The van der Waals surface area contributed by atoms with E-state index in [9.17, 15) is 18.9 Å². The third-order valence-electron chi connectivity index (χ3n) is 3.31. The average Bonchev–Trinajstić information content (AvgIpc) is 2.73. The highest BCUT2D eigenvalue weighted by Gasteiger charge is 2.36. The standard InChI is InChI=1S/C18H34N3O13P/c1-9-26-17(23)28-14(11(3)4)31-33-35(25,20-16(19)21(8)30-13(7)22)34-32-15(12(5)6)29-18(24)27-10-2/h11-12,14-15H,9-10H2,1-8H3,(H2,19,20,25). The quantitative estimate of drug-likeness (QED) is 0.0692. The van der Waals surface area contributed by atoms with Gasteiger partial charge in [0.2, 0.25) is 18.5 Å². The van der Waals surface area contributed by atoms with Crippen LogP contribution < -0.4 is 5.73 Å². The second-order valence-corrected chi connectivity index (χ2v) is 8.61. The summed E-state index contributed by atoms with van der Waals surface area (Å²) in [5, 5.41) is 0.659. The van der Waals surface area contributed by atoms with Crippen LogP contribution in [-0.2, 0) is 52.3 Å². The lowest BCUT2D eigenvalue weighted by Crippen LogP contribution is -2.35. The molecule has 0 aromatic rings. The molecule has 0 aromatic heterocycles. The third kappa shape index (κ3) is 13.7. The molecule has 2 atom stereocenters. The van der Waals surface area contributed by atoms with Crippen molar-refractivity contribution in [2.45, 2.75) is 61.0 Å². The Labute approximate surface area is 203 Å². The highest BCUT2D eigenvalue weighted by molar-refractivity contribution is 7.52. The maximum atomic E-state index is 13.2. The number of hydroxylamine groups is 2. The Morgan fingerprint density at radius 2 is 1.29 bits per heavy atom. The summed E-state index contributed by atoms with van der Waals surface area (Å²) in [5.74, 6) is -2.46. The SMILES string of the molecule is CCOC(=O)OC(OOP(=O)(/N=C(/N)N(C)OC(C)=O)OOC(OC(=O)OCC)C(C)C)C(C)C. The van der Waals surface area contributed by atoms with E-state index in [0.29, 0.717) is 5.06 Å². The molecule has 35 heavy (non-hydrogen) atoms. The molecule has 2 unspecified atom stereocenters. The lowest BCUT2D eigenvalue weighted by atomic mass is 10.2. The summed E-state index contributed by atoms with van der Waals surface area (Å²) >= 11 is 0. The number of carbonyl (C=O) groups is 3. The smallest absolute Gasteiger partial charge is 0.435 e. The van der Waals surface area contributed by atoms with E-state index in [-0.39, 0.29) is 13.2 Å². The maximum absolute atomic E-state index is 13.2. The van der Waals surface area contributed by atoms with Gasteiger partial charge >= 0.3 is 26.0 Å². The van der Waals surface area contributed by atoms with Crippen LogP contribution in [0.1, 0.15) is 48.5 Å². The second-order valence-electron chi connectivity index (χ2n) is 7.18. The van der Waals surface area contributed by atoms with Crippen molar-refractivity contribution in [3.05, 3.63) is 0 Å². The van der Waals surface area contributed by atoms with Gasteiger partial charge in [0.05, 0.1) is 13.2 Å². The Bertz CT molecular complexity index is 722. The zero-order chi connectivity index (χ0) is 27.2. The molecule has 16 nitrogen and oxygen atoms in total. The molecule has 204 valence electrons. The second kappa shape index (κ2) is 16.1. The molecule has 0 radical (unpaired) electrons. The van der Waals surface area contributed by atoms with Crippen molar-refractivity contribution in [1.82, 2.24) is 5.06 Å².